The molecule has 0 aliphatic rings. The minimum absolute atomic E-state index is 0.185. The molecule has 0 saturated heterocycles. The molecule has 6 heteroatoms. The normalized spacial score (nSPS) is 10.5. The van der Waals surface area contributed by atoms with Gasteiger partial charge in [0, 0.05) is 26.8 Å². The minimum atomic E-state index is -0.346. The predicted molar refractivity (Wildman–Crippen MR) is 69.4 cm³/mol. The maximum Gasteiger partial charge on any atom is 0.273 e. The second-order valence-corrected chi connectivity index (χ2v) is 4.32. The smallest absolute Gasteiger partial charge is 0.273 e. The van der Waals surface area contributed by atoms with Crippen LogP contribution in [0.5, 0.6) is 0 Å². The Morgan fingerprint density at radius 2 is 2.16 bits per heavy atom. The SMILES string of the molecule is CN(C)C(=O)c1ccn(-c2ccc(F)cc2CN)n1. The fraction of sp³-hybridized carbons (Fsp3) is 0.231. The van der Waals surface area contributed by atoms with Crippen LogP contribution in [0.2, 0.25) is 0 Å². The molecule has 2 aromatic rings. The summed E-state index contributed by atoms with van der Waals surface area (Å²) in [4.78, 5) is 13.2. The number of rotatable bonds is 3. The van der Waals surface area contributed by atoms with Crippen LogP contribution in [-0.2, 0) is 6.54 Å². The molecule has 0 aliphatic carbocycles. The molecule has 2 N–H and O–H groups in total. The van der Waals surface area contributed by atoms with Crippen LogP contribution in [0.3, 0.4) is 0 Å². The van der Waals surface area contributed by atoms with Gasteiger partial charge in [-0.05, 0) is 29.8 Å². The number of carbonyl (C=O) groups is 1. The quantitative estimate of drug-likeness (QED) is 0.903. The van der Waals surface area contributed by atoms with E-state index in [2.05, 4.69) is 5.10 Å². The molecule has 19 heavy (non-hydrogen) atoms. The average molecular weight is 262 g/mol. The molecule has 1 amide bonds. The van der Waals surface area contributed by atoms with Crippen molar-refractivity contribution >= 4 is 5.91 Å². The molecule has 1 heterocycles. The van der Waals surface area contributed by atoms with Crippen LogP contribution in [0.1, 0.15) is 16.1 Å². The van der Waals surface area contributed by atoms with Crippen molar-refractivity contribution in [1.82, 2.24) is 14.7 Å². The highest BCUT2D eigenvalue weighted by Gasteiger charge is 2.13. The van der Waals surface area contributed by atoms with E-state index in [0.717, 1.165) is 0 Å². The molecule has 1 aromatic heterocycles. The van der Waals surface area contributed by atoms with Gasteiger partial charge in [-0.15, -0.1) is 0 Å². The van der Waals surface area contributed by atoms with E-state index < -0.39 is 0 Å². The maximum atomic E-state index is 13.1. The first-order chi connectivity index (χ1) is 9.02. The summed E-state index contributed by atoms with van der Waals surface area (Å²) in [5.41, 5.74) is 7.22. The summed E-state index contributed by atoms with van der Waals surface area (Å²) in [5, 5.41) is 4.19. The highest BCUT2D eigenvalue weighted by Crippen LogP contribution is 2.16. The first-order valence-electron chi connectivity index (χ1n) is 5.79. The van der Waals surface area contributed by atoms with Gasteiger partial charge < -0.3 is 10.6 Å². The lowest BCUT2D eigenvalue weighted by molar-refractivity contribution is 0.0821. The molecule has 0 unspecified atom stereocenters. The molecule has 1 aromatic carbocycles. The number of nitrogens with two attached hydrogens (primary N) is 1. The Hall–Kier alpha value is -2.21. The lowest BCUT2D eigenvalue weighted by atomic mass is 10.2. The topological polar surface area (TPSA) is 64.2 Å². The Bertz CT molecular complexity index is 606. The van der Waals surface area contributed by atoms with Gasteiger partial charge in [-0.2, -0.15) is 5.10 Å². The number of carbonyl (C=O) groups excluding carboxylic acids is 1. The maximum absolute atomic E-state index is 13.1. The van der Waals surface area contributed by atoms with Gasteiger partial charge in [0.05, 0.1) is 5.69 Å². The van der Waals surface area contributed by atoms with E-state index in [0.29, 0.717) is 16.9 Å². The standard InChI is InChI=1S/C13H15FN4O/c1-17(2)13(19)11-5-6-18(16-11)12-4-3-10(14)7-9(12)8-15/h3-7H,8,15H2,1-2H3. The zero-order valence-electron chi connectivity index (χ0n) is 10.8. The van der Waals surface area contributed by atoms with Crippen molar-refractivity contribution in [2.45, 2.75) is 6.54 Å². The lowest BCUT2D eigenvalue weighted by Crippen LogP contribution is -2.22. The van der Waals surface area contributed by atoms with Crippen molar-refractivity contribution in [2.75, 3.05) is 14.1 Å². The van der Waals surface area contributed by atoms with Crippen molar-refractivity contribution in [3.05, 3.63) is 47.5 Å². The fourth-order valence-electron chi connectivity index (χ4n) is 1.74. The second kappa shape index (κ2) is 5.19. The molecular formula is C13H15FN4O. The van der Waals surface area contributed by atoms with Crippen LogP contribution in [0, 0.1) is 5.82 Å². The van der Waals surface area contributed by atoms with Gasteiger partial charge in [0.1, 0.15) is 5.82 Å². The Kier molecular flexibility index (Phi) is 3.62. The summed E-state index contributed by atoms with van der Waals surface area (Å²) in [6.07, 6.45) is 1.66. The molecule has 100 valence electrons. The number of hydrogen-bond acceptors (Lipinski definition) is 3. The Morgan fingerprint density at radius 3 is 2.79 bits per heavy atom. The van der Waals surface area contributed by atoms with E-state index in [-0.39, 0.29) is 18.3 Å². The summed E-state index contributed by atoms with van der Waals surface area (Å²) in [6.45, 7) is 0.198. The zero-order chi connectivity index (χ0) is 14.0. The monoisotopic (exact) mass is 262 g/mol. The van der Waals surface area contributed by atoms with Crippen LogP contribution in [0.4, 0.5) is 4.39 Å². The summed E-state index contributed by atoms with van der Waals surface area (Å²) in [5.74, 6) is -0.531. The summed E-state index contributed by atoms with van der Waals surface area (Å²) < 4.78 is 14.7. The van der Waals surface area contributed by atoms with Crippen molar-refractivity contribution in [3.63, 3.8) is 0 Å². The minimum Gasteiger partial charge on any atom is -0.343 e. The molecule has 0 spiro atoms. The van der Waals surface area contributed by atoms with Crippen LogP contribution in [0.25, 0.3) is 5.69 Å². The Morgan fingerprint density at radius 1 is 1.42 bits per heavy atom. The van der Waals surface area contributed by atoms with Gasteiger partial charge in [0.2, 0.25) is 0 Å². The van der Waals surface area contributed by atoms with Crippen molar-refractivity contribution in [1.29, 1.82) is 0 Å². The molecular weight excluding hydrogens is 247 g/mol. The second-order valence-electron chi connectivity index (χ2n) is 4.32. The van der Waals surface area contributed by atoms with E-state index in [9.17, 15) is 9.18 Å². The molecule has 2 rings (SSSR count). The third kappa shape index (κ3) is 2.63. The van der Waals surface area contributed by atoms with E-state index in [4.69, 9.17) is 5.73 Å². The summed E-state index contributed by atoms with van der Waals surface area (Å²) in [7, 11) is 3.31. The summed E-state index contributed by atoms with van der Waals surface area (Å²) in [6, 6.07) is 5.91. The largest absolute Gasteiger partial charge is 0.343 e. The fourth-order valence-corrected chi connectivity index (χ4v) is 1.74. The van der Waals surface area contributed by atoms with Gasteiger partial charge in [-0.1, -0.05) is 0 Å². The number of aromatic nitrogens is 2. The van der Waals surface area contributed by atoms with Crippen LogP contribution in [-0.4, -0.2) is 34.7 Å². The predicted octanol–water partition coefficient (Wildman–Crippen LogP) is 1.17. The van der Waals surface area contributed by atoms with Crippen molar-refractivity contribution in [3.8, 4) is 5.69 Å². The van der Waals surface area contributed by atoms with Gasteiger partial charge in [-0.3, -0.25) is 4.79 Å². The first kappa shape index (κ1) is 13.2. The number of halogens is 1. The molecule has 0 fully saturated rings. The number of benzene rings is 1. The van der Waals surface area contributed by atoms with Crippen molar-refractivity contribution in [2.24, 2.45) is 5.73 Å². The molecule has 0 aliphatic heterocycles. The summed E-state index contributed by atoms with van der Waals surface area (Å²) >= 11 is 0. The molecule has 0 radical (unpaired) electrons. The van der Waals surface area contributed by atoms with Crippen LogP contribution < -0.4 is 5.73 Å². The molecule has 0 bridgehead atoms. The number of amides is 1. The van der Waals surface area contributed by atoms with Crippen molar-refractivity contribution < 1.29 is 9.18 Å². The van der Waals surface area contributed by atoms with Crippen LogP contribution >= 0.6 is 0 Å². The molecule has 0 atom stereocenters. The van der Waals surface area contributed by atoms with E-state index in [1.165, 1.54) is 21.7 Å². The first-order valence-corrected chi connectivity index (χ1v) is 5.79. The third-order valence-electron chi connectivity index (χ3n) is 2.72. The molecule has 5 nitrogen and oxygen atoms in total. The van der Waals surface area contributed by atoms with Gasteiger partial charge in [0.25, 0.3) is 5.91 Å². The van der Waals surface area contributed by atoms with E-state index in [1.54, 1.807) is 32.4 Å². The number of hydrogen-bond donors (Lipinski definition) is 1. The average Bonchev–Trinajstić information content (AvgIpc) is 2.86. The lowest BCUT2D eigenvalue weighted by Gasteiger charge is -2.09. The third-order valence-corrected chi connectivity index (χ3v) is 2.72. The molecule has 0 saturated carbocycles. The van der Waals surface area contributed by atoms with E-state index in [1.807, 2.05) is 0 Å². The highest BCUT2D eigenvalue weighted by molar-refractivity contribution is 5.91. The van der Waals surface area contributed by atoms with Gasteiger partial charge >= 0.3 is 0 Å². The van der Waals surface area contributed by atoms with E-state index >= 15 is 0 Å². The number of nitrogens with zero attached hydrogens (tertiary/aromatic N) is 3. The highest BCUT2D eigenvalue weighted by atomic mass is 19.1. The Balaban J connectivity index is 2.41. The zero-order valence-corrected chi connectivity index (χ0v) is 10.8. The van der Waals surface area contributed by atoms with Gasteiger partial charge in [0.15, 0.2) is 5.69 Å². The van der Waals surface area contributed by atoms with Crippen LogP contribution in [0.15, 0.2) is 30.5 Å². The van der Waals surface area contributed by atoms with Gasteiger partial charge in [-0.25, -0.2) is 9.07 Å². The Labute approximate surface area is 110 Å².